The highest BCUT2D eigenvalue weighted by atomic mass is 17.2. The van der Waals surface area contributed by atoms with Gasteiger partial charge in [-0.2, -0.15) is 0 Å². The molecule has 0 aliphatic rings. The molecule has 0 aromatic heterocycles. The topological polar surface area (TPSA) is 36.9 Å². The van der Waals surface area contributed by atoms with Gasteiger partial charge in [-0.05, 0) is 66.5 Å². The normalized spacial score (nSPS) is 16.4. The molecule has 2 rings (SSSR count). The van der Waals surface area contributed by atoms with Crippen LogP contribution in [0.25, 0.3) is 0 Å². The molecule has 198 valence electrons. The van der Waals surface area contributed by atoms with Crippen LogP contribution in [0, 0.1) is 11.8 Å². The van der Waals surface area contributed by atoms with E-state index in [9.17, 15) is 0 Å². The molecule has 4 heteroatoms. The van der Waals surface area contributed by atoms with Crippen molar-refractivity contribution in [1.29, 1.82) is 0 Å². The molecule has 0 spiro atoms. The number of rotatable bonds is 8. The lowest BCUT2D eigenvalue weighted by Crippen LogP contribution is -2.50. The van der Waals surface area contributed by atoms with Gasteiger partial charge >= 0.3 is 0 Å². The van der Waals surface area contributed by atoms with E-state index < -0.39 is 33.2 Å². The van der Waals surface area contributed by atoms with Gasteiger partial charge in [0.1, 0.15) is 0 Å². The molecule has 4 nitrogen and oxygen atoms in total. The van der Waals surface area contributed by atoms with Crippen molar-refractivity contribution in [1.82, 2.24) is 0 Å². The molecule has 0 heterocycles. The summed E-state index contributed by atoms with van der Waals surface area (Å²) >= 11 is 0. The molecule has 2 aromatic carbocycles. The second-order valence-corrected chi connectivity index (χ2v) is 12.9. The van der Waals surface area contributed by atoms with Gasteiger partial charge in [-0.3, -0.25) is 0 Å². The van der Waals surface area contributed by atoms with Crippen LogP contribution in [-0.4, -0.2) is 22.4 Å². The Hall–Kier alpha value is -2.16. The van der Waals surface area contributed by atoms with E-state index in [0.29, 0.717) is 0 Å². The molecule has 0 radical (unpaired) electrons. The minimum Gasteiger partial charge on any atom is -0.229 e. The fourth-order valence-corrected chi connectivity index (χ4v) is 3.48. The molecular formula is C32H46O4. The largest absolute Gasteiger partial charge is 0.229 e. The summed E-state index contributed by atoms with van der Waals surface area (Å²) in [4.78, 5) is 24.2. The van der Waals surface area contributed by atoms with Gasteiger partial charge in [0.25, 0.3) is 0 Å². The highest BCUT2D eigenvalue weighted by Crippen LogP contribution is 2.41. The Morgan fingerprint density at radius 2 is 0.694 bits per heavy atom. The zero-order valence-electron chi connectivity index (χ0n) is 24.4. The summed E-state index contributed by atoms with van der Waals surface area (Å²) in [6, 6.07) is 20.5. The first-order valence-corrected chi connectivity index (χ1v) is 12.7. The molecule has 36 heavy (non-hydrogen) atoms. The summed E-state index contributed by atoms with van der Waals surface area (Å²) in [5.41, 5.74) is -1.89. The van der Waals surface area contributed by atoms with Crippen molar-refractivity contribution in [2.24, 2.45) is 0 Å². The molecule has 0 aliphatic heterocycles. The van der Waals surface area contributed by atoms with Crippen molar-refractivity contribution < 1.29 is 19.6 Å². The Bertz CT molecular complexity index is 949. The Labute approximate surface area is 219 Å². The quantitative estimate of drug-likeness (QED) is 0.212. The van der Waals surface area contributed by atoms with Crippen molar-refractivity contribution >= 4 is 0 Å². The van der Waals surface area contributed by atoms with E-state index in [1.54, 1.807) is 0 Å². The van der Waals surface area contributed by atoms with Gasteiger partial charge in [0.2, 0.25) is 0 Å². The minimum absolute atomic E-state index is 0.506. The molecule has 2 aromatic rings. The standard InChI is InChI=1S/C32H46O4/c1-27(2,3)33-35-31(11,29(7,8)25-19-15-13-16-20-25)23-24-32(12,36-34-28(4,5)6)30(9,10)26-21-17-14-18-22-26/h13-22H,1-12H3. The number of benzene rings is 2. The minimum atomic E-state index is -1.01. The first-order valence-electron chi connectivity index (χ1n) is 12.7. The van der Waals surface area contributed by atoms with Crippen LogP contribution < -0.4 is 0 Å². The van der Waals surface area contributed by atoms with E-state index in [0.717, 1.165) is 11.1 Å². The summed E-state index contributed by atoms with van der Waals surface area (Å²) in [7, 11) is 0. The fraction of sp³-hybridized carbons (Fsp3) is 0.562. The molecule has 2 atom stereocenters. The maximum atomic E-state index is 6.20. The zero-order chi connectivity index (χ0) is 27.5. The van der Waals surface area contributed by atoms with E-state index in [4.69, 9.17) is 19.6 Å². The van der Waals surface area contributed by atoms with E-state index >= 15 is 0 Å². The predicted molar refractivity (Wildman–Crippen MR) is 147 cm³/mol. The summed E-state index contributed by atoms with van der Waals surface area (Å²) in [6.07, 6.45) is 0. The molecule has 0 amide bonds. The van der Waals surface area contributed by atoms with Crippen LogP contribution in [0.15, 0.2) is 60.7 Å². The van der Waals surface area contributed by atoms with Gasteiger partial charge in [0, 0.05) is 10.8 Å². The highest BCUT2D eigenvalue weighted by Gasteiger charge is 2.48. The van der Waals surface area contributed by atoms with Gasteiger partial charge < -0.3 is 0 Å². The first-order chi connectivity index (χ1) is 16.3. The van der Waals surface area contributed by atoms with Crippen LogP contribution in [0.4, 0.5) is 0 Å². The molecule has 2 unspecified atom stereocenters. The maximum absolute atomic E-state index is 6.20. The van der Waals surface area contributed by atoms with E-state index in [2.05, 4.69) is 63.8 Å². The Morgan fingerprint density at radius 3 is 0.944 bits per heavy atom. The van der Waals surface area contributed by atoms with Crippen molar-refractivity contribution in [3.63, 3.8) is 0 Å². The SMILES string of the molecule is CC(C)(C)OOC(C)(C#CC(C)(OOC(C)(C)C)C(C)(C)c1ccccc1)C(C)(C)c1ccccc1. The Morgan fingerprint density at radius 1 is 0.417 bits per heavy atom. The highest BCUT2D eigenvalue weighted by molar-refractivity contribution is 5.38. The van der Waals surface area contributed by atoms with Crippen molar-refractivity contribution in [3.05, 3.63) is 71.8 Å². The van der Waals surface area contributed by atoms with Crippen molar-refractivity contribution in [3.8, 4) is 11.8 Å². The number of hydrogen-bond donors (Lipinski definition) is 0. The van der Waals surface area contributed by atoms with Crippen LogP contribution in [0.2, 0.25) is 0 Å². The molecule has 0 bridgehead atoms. The van der Waals surface area contributed by atoms with Gasteiger partial charge in [-0.25, -0.2) is 19.6 Å². The molecule has 0 saturated carbocycles. The van der Waals surface area contributed by atoms with E-state index in [1.807, 2.05) is 91.8 Å². The smallest absolute Gasteiger partial charge is 0.170 e. The van der Waals surface area contributed by atoms with Crippen molar-refractivity contribution in [2.45, 2.75) is 116 Å². The predicted octanol–water partition coefficient (Wildman–Crippen LogP) is 7.96. The third kappa shape index (κ3) is 7.20. The van der Waals surface area contributed by atoms with Crippen LogP contribution in [0.5, 0.6) is 0 Å². The van der Waals surface area contributed by atoms with Crippen LogP contribution in [-0.2, 0) is 30.4 Å². The third-order valence-corrected chi connectivity index (χ3v) is 6.83. The van der Waals surface area contributed by atoms with E-state index in [1.165, 1.54) is 0 Å². The van der Waals surface area contributed by atoms with Crippen LogP contribution in [0.1, 0.15) is 94.2 Å². The molecule has 0 fully saturated rings. The van der Waals surface area contributed by atoms with Crippen LogP contribution in [0.3, 0.4) is 0 Å². The Balaban J connectivity index is 2.67. The van der Waals surface area contributed by atoms with Crippen molar-refractivity contribution in [2.75, 3.05) is 0 Å². The third-order valence-electron chi connectivity index (χ3n) is 6.83. The summed E-state index contributed by atoms with van der Waals surface area (Å²) < 4.78 is 0. The van der Waals surface area contributed by atoms with E-state index in [-0.39, 0.29) is 0 Å². The van der Waals surface area contributed by atoms with Gasteiger partial charge in [0.05, 0.1) is 11.2 Å². The average Bonchev–Trinajstić information content (AvgIpc) is 2.80. The fourth-order valence-electron chi connectivity index (χ4n) is 3.48. The maximum Gasteiger partial charge on any atom is 0.170 e. The Kier molecular flexibility index (Phi) is 8.92. The summed E-state index contributed by atoms with van der Waals surface area (Å²) in [5.74, 6) is 6.92. The summed E-state index contributed by atoms with van der Waals surface area (Å²) in [5, 5.41) is 0. The molecule has 0 N–H and O–H groups in total. The van der Waals surface area contributed by atoms with Gasteiger partial charge in [-0.1, -0.05) is 100 Å². The first kappa shape index (κ1) is 30.1. The summed E-state index contributed by atoms with van der Waals surface area (Å²) in [6.45, 7) is 24.2. The lowest BCUT2D eigenvalue weighted by Gasteiger charge is -2.43. The average molecular weight is 495 g/mol. The second-order valence-electron chi connectivity index (χ2n) is 12.9. The van der Waals surface area contributed by atoms with Gasteiger partial charge in [0.15, 0.2) is 11.2 Å². The number of hydrogen-bond acceptors (Lipinski definition) is 4. The lowest BCUT2D eigenvalue weighted by atomic mass is 9.68. The molecule has 0 saturated heterocycles. The molecule has 0 aliphatic carbocycles. The lowest BCUT2D eigenvalue weighted by molar-refractivity contribution is -0.400. The molecular weight excluding hydrogens is 448 g/mol. The van der Waals surface area contributed by atoms with Crippen LogP contribution >= 0.6 is 0 Å². The second kappa shape index (κ2) is 10.7. The monoisotopic (exact) mass is 494 g/mol. The van der Waals surface area contributed by atoms with Gasteiger partial charge in [-0.15, -0.1) is 0 Å². The zero-order valence-corrected chi connectivity index (χ0v) is 24.4.